The minimum atomic E-state index is -0.335. The lowest BCUT2D eigenvalue weighted by Crippen LogP contribution is -2.38. The van der Waals surface area contributed by atoms with Crippen molar-refractivity contribution >= 4 is 6.09 Å². The summed E-state index contributed by atoms with van der Waals surface area (Å²) in [5, 5.41) is 6.46. The highest BCUT2D eigenvalue weighted by Crippen LogP contribution is 2.18. The number of nitrogens with one attached hydrogen (secondary N) is 1. The van der Waals surface area contributed by atoms with E-state index in [-0.39, 0.29) is 11.7 Å². The Kier molecular flexibility index (Phi) is 3.12. The number of carbonyl (C=O) groups is 1. The maximum absolute atomic E-state index is 11.6. The molecule has 0 spiro atoms. The number of carbonyl (C=O) groups excluding carboxylic acids is 1. The van der Waals surface area contributed by atoms with Crippen molar-refractivity contribution < 1.29 is 9.53 Å². The molecule has 1 aliphatic rings. The van der Waals surface area contributed by atoms with Gasteiger partial charge in [0, 0.05) is 24.1 Å². The van der Waals surface area contributed by atoms with E-state index in [1.54, 1.807) is 18.7 Å². The van der Waals surface area contributed by atoms with E-state index in [2.05, 4.69) is 10.2 Å². The summed E-state index contributed by atoms with van der Waals surface area (Å²) in [6, 6.07) is 0. The first-order valence-corrected chi connectivity index (χ1v) is 5.62. The van der Waals surface area contributed by atoms with Crippen molar-refractivity contribution in [2.24, 2.45) is 0 Å². The van der Waals surface area contributed by atoms with Gasteiger partial charge >= 0.3 is 6.09 Å². The van der Waals surface area contributed by atoms with Gasteiger partial charge in [-0.05, 0) is 13.8 Å². The lowest BCUT2D eigenvalue weighted by Gasteiger charge is -2.27. The fraction of sp³-hybridized carbons (Fsp3) is 0.545. The smallest absolute Gasteiger partial charge is 0.410 e. The Morgan fingerprint density at radius 1 is 1.59 bits per heavy atom. The Balaban J connectivity index is 2.26. The van der Waals surface area contributed by atoms with Crippen molar-refractivity contribution in [3.63, 3.8) is 0 Å². The fourth-order valence-electron chi connectivity index (χ4n) is 1.92. The van der Waals surface area contributed by atoms with Gasteiger partial charge < -0.3 is 9.64 Å². The van der Waals surface area contributed by atoms with Gasteiger partial charge in [-0.15, -0.1) is 0 Å². The van der Waals surface area contributed by atoms with E-state index in [1.165, 1.54) is 0 Å². The largest absolute Gasteiger partial charge is 0.450 e. The zero-order valence-corrected chi connectivity index (χ0v) is 9.95. The summed E-state index contributed by atoms with van der Waals surface area (Å²) in [5.41, 5.74) is 2.13. The van der Waals surface area contributed by atoms with Crippen LogP contribution >= 0.6 is 0 Å². The minimum absolute atomic E-state index is 0.200. The third-order valence-corrected chi connectivity index (χ3v) is 2.93. The first-order valence-electron chi connectivity index (χ1n) is 5.62. The minimum Gasteiger partial charge on any atom is -0.450 e. The molecule has 1 aliphatic heterocycles. The molecule has 0 saturated heterocycles. The number of hydrogen-bond acceptors (Lipinski definition) is 4. The molecule has 2 heterocycles. The molecule has 92 valence electrons. The lowest BCUT2D eigenvalue weighted by atomic mass is 10.0. The van der Waals surface area contributed by atoms with Crippen molar-refractivity contribution in [3.05, 3.63) is 27.2 Å². The van der Waals surface area contributed by atoms with Crippen LogP contribution in [-0.4, -0.2) is 34.3 Å². The molecule has 0 bridgehead atoms. The monoisotopic (exact) mass is 237 g/mol. The second kappa shape index (κ2) is 4.57. The van der Waals surface area contributed by atoms with E-state index in [1.807, 2.05) is 0 Å². The highest BCUT2D eigenvalue weighted by Gasteiger charge is 2.24. The topological polar surface area (TPSA) is 75.3 Å². The average Bonchev–Trinajstić information content (AvgIpc) is 2.34. The summed E-state index contributed by atoms with van der Waals surface area (Å²) in [6.45, 7) is 4.84. The summed E-state index contributed by atoms with van der Waals surface area (Å²) < 4.78 is 4.95. The van der Waals surface area contributed by atoms with Crippen molar-refractivity contribution in [3.8, 4) is 0 Å². The van der Waals surface area contributed by atoms with Crippen LogP contribution in [0.5, 0.6) is 0 Å². The fourth-order valence-corrected chi connectivity index (χ4v) is 1.92. The zero-order chi connectivity index (χ0) is 12.4. The van der Waals surface area contributed by atoms with Crippen LogP contribution in [-0.2, 0) is 17.7 Å². The van der Waals surface area contributed by atoms with Crippen molar-refractivity contribution in [1.82, 2.24) is 15.1 Å². The first kappa shape index (κ1) is 11.6. The predicted octanol–water partition coefficient (Wildman–Crippen LogP) is 0.593. The van der Waals surface area contributed by atoms with Crippen LogP contribution in [0.1, 0.15) is 23.7 Å². The molecule has 1 aromatic rings. The van der Waals surface area contributed by atoms with E-state index in [4.69, 9.17) is 4.74 Å². The van der Waals surface area contributed by atoms with Gasteiger partial charge in [0.05, 0.1) is 18.8 Å². The quantitative estimate of drug-likeness (QED) is 0.775. The molecular weight excluding hydrogens is 222 g/mol. The standard InChI is InChI=1S/C11H15N3O3/c1-3-17-11(16)14-5-4-9-8(6-14)7(2)10(15)13-12-9/h3-6H2,1-2H3,(H,13,15). The molecule has 6 nitrogen and oxygen atoms in total. The van der Waals surface area contributed by atoms with E-state index < -0.39 is 0 Å². The third kappa shape index (κ3) is 2.15. The summed E-state index contributed by atoms with van der Waals surface area (Å²) in [7, 11) is 0. The van der Waals surface area contributed by atoms with Crippen LogP contribution in [0.2, 0.25) is 0 Å². The number of ether oxygens (including phenoxy) is 1. The summed E-state index contributed by atoms with van der Waals surface area (Å²) in [5.74, 6) is 0. The van der Waals surface area contributed by atoms with Gasteiger partial charge in [-0.2, -0.15) is 5.10 Å². The SMILES string of the molecule is CCOC(=O)N1CCc2n[nH]c(=O)c(C)c2C1. The number of amides is 1. The van der Waals surface area contributed by atoms with Gasteiger partial charge in [0.15, 0.2) is 0 Å². The lowest BCUT2D eigenvalue weighted by molar-refractivity contribution is 0.102. The molecule has 0 aliphatic carbocycles. The molecule has 0 fully saturated rings. The number of hydrogen-bond donors (Lipinski definition) is 1. The molecule has 1 aromatic heterocycles. The van der Waals surface area contributed by atoms with E-state index in [0.29, 0.717) is 31.7 Å². The summed E-state index contributed by atoms with van der Waals surface area (Å²) in [4.78, 5) is 24.6. The second-order valence-electron chi connectivity index (χ2n) is 3.97. The summed E-state index contributed by atoms with van der Waals surface area (Å²) in [6.07, 6.45) is 0.309. The Labute approximate surface area is 98.6 Å². The number of aromatic amines is 1. The normalized spacial score (nSPS) is 14.4. The van der Waals surface area contributed by atoms with Gasteiger partial charge in [-0.3, -0.25) is 4.79 Å². The first-order chi connectivity index (χ1) is 8.13. The second-order valence-corrected chi connectivity index (χ2v) is 3.97. The van der Waals surface area contributed by atoms with Crippen LogP contribution < -0.4 is 5.56 Å². The highest BCUT2D eigenvalue weighted by atomic mass is 16.6. The van der Waals surface area contributed by atoms with Gasteiger partial charge in [0.2, 0.25) is 0 Å². The maximum Gasteiger partial charge on any atom is 0.410 e. The van der Waals surface area contributed by atoms with Crippen LogP contribution in [0.15, 0.2) is 4.79 Å². The van der Waals surface area contributed by atoms with Crippen LogP contribution in [0.25, 0.3) is 0 Å². The number of aromatic nitrogens is 2. The Morgan fingerprint density at radius 2 is 2.35 bits per heavy atom. The number of fused-ring (bicyclic) bond motifs is 1. The van der Waals surface area contributed by atoms with Crippen LogP contribution in [0, 0.1) is 6.92 Å². The molecule has 0 atom stereocenters. The molecule has 17 heavy (non-hydrogen) atoms. The van der Waals surface area contributed by atoms with Gasteiger partial charge in [-0.25, -0.2) is 9.89 Å². The summed E-state index contributed by atoms with van der Waals surface area (Å²) >= 11 is 0. The van der Waals surface area contributed by atoms with Gasteiger partial charge in [-0.1, -0.05) is 0 Å². The third-order valence-electron chi connectivity index (χ3n) is 2.93. The molecular formula is C11H15N3O3. The predicted molar refractivity (Wildman–Crippen MR) is 60.7 cm³/mol. The molecule has 0 aromatic carbocycles. The molecule has 0 unspecified atom stereocenters. The van der Waals surface area contributed by atoms with Crippen LogP contribution in [0.4, 0.5) is 4.79 Å². The number of nitrogens with zero attached hydrogens (tertiary/aromatic N) is 2. The van der Waals surface area contributed by atoms with E-state index >= 15 is 0 Å². The van der Waals surface area contributed by atoms with Crippen molar-refractivity contribution in [2.75, 3.05) is 13.2 Å². The molecule has 2 rings (SSSR count). The molecule has 0 radical (unpaired) electrons. The molecule has 0 saturated carbocycles. The zero-order valence-electron chi connectivity index (χ0n) is 9.95. The molecule has 1 N–H and O–H groups in total. The van der Waals surface area contributed by atoms with Crippen molar-refractivity contribution in [2.45, 2.75) is 26.8 Å². The van der Waals surface area contributed by atoms with Crippen molar-refractivity contribution in [1.29, 1.82) is 0 Å². The Morgan fingerprint density at radius 3 is 3.06 bits per heavy atom. The Hall–Kier alpha value is -1.85. The van der Waals surface area contributed by atoms with Gasteiger partial charge in [0.1, 0.15) is 0 Å². The van der Waals surface area contributed by atoms with E-state index in [0.717, 1.165) is 11.3 Å². The number of rotatable bonds is 1. The molecule has 1 amide bonds. The van der Waals surface area contributed by atoms with E-state index in [9.17, 15) is 9.59 Å². The Bertz CT molecular complexity index is 495. The molecule has 6 heteroatoms. The van der Waals surface area contributed by atoms with Crippen LogP contribution in [0.3, 0.4) is 0 Å². The number of H-pyrrole nitrogens is 1. The highest BCUT2D eigenvalue weighted by molar-refractivity contribution is 5.68. The average molecular weight is 237 g/mol. The van der Waals surface area contributed by atoms with Gasteiger partial charge in [0.25, 0.3) is 5.56 Å². The maximum atomic E-state index is 11.6.